The molecule has 0 spiro atoms. The van der Waals surface area contributed by atoms with Gasteiger partial charge in [-0.2, -0.15) is 4.31 Å². The van der Waals surface area contributed by atoms with Crippen LogP contribution in [-0.2, 0) is 26.8 Å². The van der Waals surface area contributed by atoms with Gasteiger partial charge in [0, 0.05) is 42.3 Å². The normalized spacial score (nSPS) is 18.2. The van der Waals surface area contributed by atoms with E-state index in [4.69, 9.17) is 11.6 Å². The van der Waals surface area contributed by atoms with Crippen molar-refractivity contribution in [2.24, 2.45) is 0 Å². The topological polar surface area (TPSA) is 69.7 Å². The van der Waals surface area contributed by atoms with Crippen molar-refractivity contribution in [3.63, 3.8) is 0 Å². The maximum atomic E-state index is 13.0. The molecule has 166 valence electrons. The van der Waals surface area contributed by atoms with Gasteiger partial charge in [-0.25, -0.2) is 8.42 Å². The second-order valence-electron chi connectivity index (χ2n) is 8.93. The van der Waals surface area contributed by atoms with Gasteiger partial charge in [0.1, 0.15) is 0 Å². The summed E-state index contributed by atoms with van der Waals surface area (Å²) in [4.78, 5) is 14.9. The highest BCUT2D eigenvalue weighted by Gasteiger charge is 2.37. The first kappa shape index (κ1) is 22.1. The van der Waals surface area contributed by atoms with Crippen molar-refractivity contribution in [1.29, 1.82) is 0 Å². The standard InChI is InChI=1S/C23H28ClN3O3S/c1-23(2)16-26(15-22(28)25-14-17-5-7-18(24)8-6-17)21-10-9-19(13-20(21)23)31(29,30)27-11-3-4-12-27/h5-10,13H,3-4,11-12,14-16H2,1-2H3,(H,25,28). The van der Waals surface area contributed by atoms with Crippen LogP contribution >= 0.6 is 11.6 Å². The van der Waals surface area contributed by atoms with E-state index < -0.39 is 10.0 Å². The maximum absolute atomic E-state index is 13.0. The Morgan fingerprint density at radius 1 is 1.10 bits per heavy atom. The minimum Gasteiger partial charge on any atom is -0.361 e. The zero-order chi connectivity index (χ0) is 22.2. The number of fused-ring (bicyclic) bond motifs is 1. The van der Waals surface area contributed by atoms with Crippen molar-refractivity contribution in [3.05, 3.63) is 58.6 Å². The zero-order valence-corrected chi connectivity index (χ0v) is 19.5. The molecule has 0 aliphatic carbocycles. The van der Waals surface area contributed by atoms with Crippen LogP contribution in [0.1, 0.15) is 37.8 Å². The number of rotatable bonds is 6. The molecule has 0 aromatic heterocycles. The second-order valence-corrected chi connectivity index (χ2v) is 11.3. The molecule has 2 aliphatic rings. The average Bonchev–Trinajstić information content (AvgIpc) is 3.35. The fraction of sp³-hybridized carbons (Fsp3) is 0.435. The minimum absolute atomic E-state index is 0.0765. The Balaban J connectivity index is 1.48. The highest BCUT2D eigenvalue weighted by atomic mass is 35.5. The Hall–Kier alpha value is -2.09. The van der Waals surface area contributed by atoms with Gasteiger partial charge < -0.3 is 10.2 Å². The molecule has 0 bridgehead atoms. The fourth-order valence-electron chi connectivity index (χ4n) is 4.39. The Kier molecular flexibility index (Phi) is 6.03. The first-order chi connectivity index (χ1) is 14.7. The van der Waals surface area contributed by atoms with Crippen LogP contribution in [0, 0.1) is 0 Å². The van der Waals surface area contributed by atoms with E-state index in [2.05, 4.69) is 19.2 Å². The summed E-state index contributed by atoms with van der Waals surface area (Å²) in [6.45, 7) is 6.66. The highest BCUT2D eigenvalue weighted by molar-refractivity contribution is 7.89. The first-order valence-electron chi connectivity index (χ1n) is 10.6. The van der Waals surface area contributed by atoms with Gasteiger partial charge in [0.25, 0.3) is 0 Å². The maximum Gasteiger partial charge on any atom is 0.243 e. The van der Waals surface area contributed by atoms with Gasteiger partial charge in [-0.3, -0.25) is 4.79 Å². The van der Waals surface area contributed by atoms with Crippen molar-refractivity contribution < 1.29 is 13.2 Å². The summed E-state index contributed by atoms with van der Waals surface area (Å²) in [5.74, 6) is -0.0765. The third-order valence-corrected chi connectivity index (χ3v) is 8.21. The van der Waals surface area contributed by atoms with Crippen LogP contribution in [0.5, 0.6) is 0 Å². The Labute approximate surface area is 189 Å². The summed E-state index contributed by atoms with van der Waals surface area (Å²) >= 11 is 5.90. The first-order valence-corrected chi connectivity index (χ1v) is 12.4. The molecular weight excluding hydrogens is 434 g/mol. The fourth-order valence-corrected chi connectivity index (χ4v) is 6.06. The van der Waals surface area contributed by atoms with Crippen molar-refractivity contribution in [2.75, 3.05) is 31.1 Å². The molecule has 6 nitrogen and oxygen atoms in total. The Morgan fingerprint density at radius 2 is 1.77 bits per heavy atom. The van der Waals surface area contributed by atoms with Crippen molar-refractivity contribution in [1.82, 2.24) is 9.62 Å². The second kappa shape index (κ2) is 8.45. The lowest BCUT2D eigenvalue weighted by atomic mass is 9.87. The smallest absolute Gasteiger partial charge is 0.243 e. The van der Waals surface area contributed by atoms with Gasteiger partial charge in [0.15, 0.2) is 0 Å². The van der Waals surface area contributed by atoms with E-state index in [9.17, 15) is 13.2 Å². The van der Waals surface area contributed by atoms with Crippen molar-refractivity contribution >= 4 is 33.2 Å². The number of hydrogen-bond acceptors (Lipinski definition) is 4. The number of nitrogens with one attached hydrogen (secondary N) is 1. The molecule has 1 saturated heterocycles. The summed E-state index contributed by atoms with van der Waals surface area (Å²) in [5, 5.41) is 3.61. The summed E-state index contributed by atoms with van der Waals surface area (Å²) in [6.07, 6.45) is 1.82. The van der Waals surface area contributed by atoms with Crippen LogP contribution in [0.15, 0.2) is 47.4 Å². The largest absolute Gasteiger partial charge is 0.361 e. The number of halogens is 1. The minimum atomic E-state index is -3.47. The molecule has 0 atom stereocenters. The van der Waals surface area contributed by atoms with Crippen LogP contribution < -0.4 is 10.2 Å². The van der Waals surface area contributed by atoms with Crippen molar-refractivity contribution in [3.8, 4) is 0 Å². The molecule has 2 aliphatic heterocycles. The van der Waals surface area contributed by atoms with Crippen LogP contribution in [0.25, 0.3) is 0 Å². The molecule has 0 saturated carbocycles. The average molecular weight is 462 g/mol. The van der Waals surface area contributed by atoms with Gasteiger partial charge in [-0.05, 0) is 54.3 Å². The van der Waals surface area contributed by atoms with Crippen LogP contribution in [0.3, 0.4) is 0 Å². The van der Waals surface area contributed by atoms with Gasteiger partial charge >= 0.3 is 0 Å². The Bertz CT molecular complexity index is 1080. The number of anilines is 1. The van der Waals surface area contributed by atoms with E-state index in [0.717, 1.165) is 29.7 Å². The number of nitrogens with zero attached hydrogens (tertiary/aromatic N) is 2. The lowest BCUT2D eigenvalue weighted by molar-refractivity contribution is -0.119. The van der Waals surface area contributed by atoms with Crippen LogP contribution in [0.2, 0.25) is 5.02 Å². The summed E-state index contributed by atoms with van der Waals surface area (Å²) in [5.41, 5.74) is 2.63. The van der Waals surface area contributed by atoms with Gasteiger partial charge in [0.2, 0.25) is 15.9 Å². The number of hydrogen-bond donors (Lipinski definition) is 1. The van der Waals surface area contributed by atoms with Gasteiger partial charge in [-0.15, -0.1) is 0 Å². The van der Waals surface area contributed by atoms with E-state index in [-0.39, 0.29) is 17.9 Å². The molecule has 1 N–H and O–H groups in total. The van der Waals surface area contributed by atoms with E-state index in [1.807, 2.05) is 23.1 Å². The van der Waals surface area contributed by atoms with Gasteiger partial charge in [-0.1, -0.05) is 37.6 Å². The van der Waals surface area contributed by atoms with E-state index in [1.54, 1.807) is 28.6 Å². The number of carbonyl (C=O) groups excluding carboxylic acids is 1. The van der Waals surface area contributed by atoms with Crippen LogP contribution in [-0.4, -0.2) is 44.8 Å². The van der Waals surface area contributed by atoms with Gasteiger partial charge in [0.05, 0.1) is 11.4 Å². The van der Waals surface area contributed by atoms with E-state index in [1.165, 1.54) is 0 Å². The molecular formula is C23H28ClN3O3S. The molecule has 2 aromatic carbocycles. The molecule has 1 fully saturated rings. The summed E-state index contributed by atoms with van der Waals surface area (Å²) in [6, 6.07) is 12.7. The van der Waals surface area contributed by atoms with E-state index in [0.29, 0.717) is 36.1 Å². The SMILES string of the molecule is CC1(C)CN(CC(=O)NCc2ccc(Cl)cc2)c2ccc(S(=O)(=O)N3CCCC3)cc21. The molecule has 1 amide bonds. The van der Waals surface area contributed by atoms with E-state index >= 15 is 0 Å². The molecule has 2 aromatic rings. The molecule has 0 unspecified atom stereocenters. The lowest BCUT2D eigenvalue weighted by Crippen LogP contribution is -2.38. The third-order valence-electron chi connectivity index (χ3n) is 6.06. The molecule has 4 rings (SSSR count). The van der Waals surface area contributed by atoms with Crippen molar-refractivity contribution in [2.45, 2.75) is 43.5 Å². The predicted octanol–water partition coefficient (Wildman–Crippen LogP) is 3.54. The number of benzene rings is 2. The summed E-state index contributed by atoms with van der Waals surface area (Å²) in [7, 11) is -3.47. The monoisotopic (exact) mass is 461 g/mol. The Morgan fingerprint density at radius 3 is 2.45 bits per heavy atom. The molecule has 8 heteroatoms. The zero-order valence-electron chi connectivity index (χ0n) is 17.9. The van der Waals surface area contributed by atoms with Crippen LogP contribution in [0.4, 0.5) is 5.69 Å². The highest BCUT2D eigenvalue weighted by Crippen LogP contribution is 2.41. The lowest BCUT2D eigenvalue weighted by Gasteiger charge is -2.22. The molecule has 2 heterocycles. The predicted molar refractivity (Wildman–Crippen MR) is 123 cm³/mol. The number of amides is 1. The number of carbonyl (C=O) groups is 1. The molecule has 31 heavy (non-hydrogen) atoms. The number of sulfonamides is 1. The third kappa shape index (κ3) is 4.59. The molecule has 0 radical (unpaired) electrons. The quantitative estimate of drug-likeness (QED) is 0.714. The summed E-state index contributed by atoms with van der Waals surface area (Å²) < 4.78 is 27.5.